The highest BCUT2D eigenvalue weighted by atomic mass is 35.5. The smallest absolute Gasteiger partial charge is 0.352 e. The maximum absolute atomic E-state index is 13.1. The average Bonchev–Trinajstić information content (AvgIpc) is 3.08. The van der Waals surface area contributed by atoms with Crippen molar-refractivity contribution in [3.8, 4) is 0 Å². The number of rotatable bonds is 4. The summed E-state index contributed by atoms with van der Waals surface area (Å²) in [6.45, 7) is 0.812. The fourth-order valence-electron chi connectivity index (χ4n) is 3.00. The van der Waals surface area contributed by atoms with Crippen molar-refractivity contribution in [3.63, 3.8) is 0 Å². The van der Waals surface area contributed by atoms with Crippen LogP contribution in [0.25, 0.3) is 0 Å². The first-order valence-electron chi connectivity index (χ1n) is 8.04. The number of benzene rings is 2. The van der Waals surface area contributed by atoms with Crippen LogP contribution in [0.3, 0.4) is 0 Å². The second-order valence-electron chi connectivity index (χ2n) is 6.07. The molecule has 0 saturated carbocycles. The molecule has 2 unspecified atom stereocenters. The Hall–Kier alpha value is -2.09. The Bertz CT molecular complexity index is 780. The largest absolute Gasteiger partial charge is 0.417 e. The van der Waals surface area contributed by atoms with Crippen molar-refractivity contribution in [2.24, 2.45) is 5.92 Å². The lowest BCUT2D eigenvalue weighted by Gasteiger charge is -2.20. The molecule has 8 heteroatoms. The van der Waals surface area contributed by atoms with Gasteiger partial charge in [0.1, 0.15) is 0 Å². The number of hydrogen-bond donors (Lipinski definition) is 3. The van der Waals surface area contributed by atoms with Crippen LogP contribution in [0.2, 0.25) is 5.02 Å². The molecular weight excluding hydrogens is 367 g/mol. The van der Waals surface area contributed by atoms with Crippen molar-refractivity contribution in [3.05, 3.63) is 70.2 Å². The predicted molar refractivity (Wildman–Crippen MR) is 92.6 cm³/mol. The van der Waals surface area contributed by atoms with E-state index in [0.717, 1.165) is 11.6 Å². The van der Waals surface area contributed by atoms with Gasteiger partial charge in [0.25, 0.3) is 5.91 Å². The molecule has 3 N–H and O–H groups in total. The Labute approximate surface area is 153 Å². The lowest BCUT2D eigenvalue weighted by Crippen LogP contribution is -2.33. The monoisotopic (exact) mass is 383 g/mol. The molecule has 1 saturated heterocycles. The fourth-order valence-corrected chi connectivity index (χ4v) is 3.12. The van der Waals surface area contributed by atoms with E-state index in [1.54, 1.807) is 12.1 Å². The molecule has 1 aliphatic heterocycles. The summed E-state index contributed by atoms with van der Waals surface area (Å²) in [6, 6.07) is 12.0. The lowest BCUT2D eigenvalue weighted by molar-refractivity contribution is -0.137. The first-order valence-corrected chi connectivity index (χ1v) is 8.42. The van der Waals surface area contributed by atoms with Gasteiger partial charge < -0.3 is 5.32 Å². The molecule has 26 heavy (non-hydrogen) atoms. The Balaban J connectivity index is 1.69. The number of alkyl halides is 3. The Morgan fingerprint density at radius 3 is 2.54 bits per heavy atom. The van der Waals surface area contributed by atoms with Gasteiger partial charge >= 0.3 is 6.18 Å². The molecule has 0 aliphatic carbocycles. The zero-order chi connectivity index (χ0) is 18.7. The molecule has 0 aromatic heterocycles. The van der Waals surface area contributed by atoms with Gasteiger partial charge in [-0.05, 0) is 29.8 Å². The first kappa shape index (κ1) is 18.7. The molecule has 4 nitrogen and oxygen atoms in total. The van der Waals surface area contributed by atoms with E-state index in [1.807, 2.05) is 12.1 Å². The van der Waals surface area contributed by atoms with Gasteiger partial charge in [0.15, 0.2) is 0 Å². The Morgan fingerprint density at radius 2 is 1.85 bits per heavy atom. The van der Waals surface area contributed by atoms with E-state index < -0.39 is 17.6 Å². The van der Waals surface area contributed by atoms with Crippen molar-refractivity contribution in [2.45, 2.75) is 12.2 Å². The summed E-state index contributed by atoms with van der Waals surface area (Å²) in [5.41, 5.74) is 5.81. The van der Waals surface area contributed by atoms with E-state index in [0.29, 0.717) is 11.6 Å². The zero-order valence-electron chi connectivity index (χ0n) is 13.6. The second-order valence-corrected chi connectivity index (χ2v) is 6.50. The molecule has 1 amide bonds. The number of amides is 1. The van der Waals surface area contributed by atoms with Gasteiger partial charge in [-0.2, -0.15) is 13.2 Å². The van der Waals surface area contributed by atoms with E-state index in [-0.39, 0.29) is 24.1 Å². The highest BCUT2D eigenvalue weighted by molar-refractivity contribution is 6.30. The summed E-state index contributed by atoms with van der Waals surface area (Å²) < 4.78 is 39.2. The Kier molecular flexibility index (Phi) is 5.50. The minimum atomic E-state index is -4.57. The van der Waals surface area contributed by atoms with E-state index in [9.17, 15) is 18.0 Å². The highest BCUT2D eigenvalue weighted by Crippen LogP contribution is 2.32. The van der Waals surface area contributed by atoms with Gasteiger partial charge in [-0.15, -0.1) is 0 Å². The van der Waals surface area contributed by atoms with Crippen molar-refractivity contribution < 1.29 is 18.0 Å². The molecule has 0 bridgehead atoms. The van der Waals surface area contributed by atoms with Gasteiger partial charge in [-0.25, -0.2) is 5.43 Å². The number of carbonyl (C=O) groups is 1. The molecule has 3 rings (SSSR count). The zero-order valence-corrected chi connectivity index (χ0v) is 14.4. The van der Waals surface area contributed by atoms with Crippen molar-refractivity contribution >= 4 is 17.5 Å². The predicted octanol–water partition coefficient (Wildman–Crippen LogP) is 3.55. The third kappa shape index (κ3) is 4.17. The Morgan fingerprint density at radius 1 is 1.15 bits per heavy atom. The summed E-state index contributed by atoms with van der Waals surface area (Å²) in [5.74, 6) is -0.752. The molecule has 1 fully saturated rings. The van der Waals surface area contributed by atoms with E-state index >= 15 is 0 Å². The number of carbonyl (C=O) groups excluding carboxylic acids is 1. The van der Waals surface area contributed by atoms with Crippen LogP contribution in [-0.2, 0) is 6.18 Å². The first-order chi connectivity index (χ1) is 12.4. The molecule has 0 spiro atoms. The molecule has 0 radical (unpaired) electrons. The van der Waals surface area contributed by atoms with Crippen LogP contribution in [0, 0.1) is 5.92 Å². The van der Waals surface area contributed by atoms with Crippen molar-refractivity contribution in [1.82, 2.24) is 16.2 Å². The van der Waals surface area contributed by atoms with Crippen molar-refractivity contribution in [2.75, 3.05) is 13.1 Å². The van der Waals surface area contributed by atoms with Crippen LogP contribution >= 0.6 is 11.6 Å². The van der Waals surface area contributed by atoms with E-state index in [2.05, 4.69) is 16.2 Å². The summed E-state index contributed by atoms with van der Waals surface area (Å²) in [4.78, 5) is 12.3. The molecule has 2 aromatic carbocycles. The standard InChI is InChI=1S/C18H17ClF3N3O/c19-13-7-5-11(6-8-13)16-12(10-24-25-16)9-23-17(26)14-3-1-2-4-15(14)18(20,21)22/h1-8,12,16,24-25H,9-10H2,(H,23,26). The number of hydrazine groups is 1. The maximum atomic E-state index is 13.1. The van der Waals surface area contributed by atoms with Crippen LogP contribution in [0.1, 0.15) is 27.5 Å². The summed E-state index contributed by atoms with van der Waals surface area (Å²) >= 11 is 5.89. The van der Waals surface area contributed by atoms with Crippen LogP contribution in [0.15, 0.2) is 48.5 Å². The van der Waals surface area contributed by atoms with Gasteiger partial charge in [0.2, 0.25) is 0 Å². The quantitative estimate of drug-likeness (QED) is 0.756. The molecule has 138 valence electrons. The van der Waals surface area contributed by atoms with Gasteiger partial charge in [0.05, 0.1) is 17.2 Å². The van der Waals surface area contributed by atoms with Crippen LogP contribution in [0.4, 0.5) is 13.2 Å². The van der Waals surface area contributed by atoms with Gasteiger partial charge in [-0.3, -0.25) is 10.2 Å². The molecule has 2 aromatic rings. The second kappa shape index (κ2) is 7.65. The number of hydrogen-bond acceptors (Lipinski definition) is 3. The van der Waals surface area contributed by atoms with Gasteiger partial charge in [0, 0.05) is 24.0 Å². The molecule has 1 aliphatic rings. The maximum Gasteiger partial charge on any atom is 0.417 e. The minimum Gasteiger partial charge on any atom is -0.352 e. The summed E-state index contributed by atoms with van der Waals surface area (Å²) in [6.07, 6.45) is -4.57. The summed E-state index contributed by atoms with van der Waals surface area (Å²) in [5, 5.41) is 3.24. The normalized spacial score (nSPS) is 20.2. The molecule has 1 heterocycles. The average molecular weight is 384 g/mol. The van der Waals surface area contributed by atoms with Crippen LogP contribution in [-0.4, -0.2) is 19.0 Å². The topological polar surface area (TPSA) is 53.2 Å². The molecular formula is C18H17ClF3N3O. The SMILES string of the molecule is O=C(NCC1CNNC1c1ccc(Cl)cc1)c1ccccc1C(F)(F)F. The van der Waals surface area contributed by atoms with Gasteiger partial charge in [-0.1, -0.05) is 35.9 Å². The lowest BCUT2D eigenvalue weighted by atomic mass is 9.94. The minimum absolute atomic E-state index is 0.0156. The summed E-state index contributed by atoms with van der Waals surface area (Å²) in [7, 11) is 0. The van der Waals surface area contributed by atoms with Crippen molar-refractivity contribution in [1.29, 1.82) is 0 Å². The van der Waals surface area contributed by atoms with E-state index in [1.165, 1.54) is 18.2 Å². The van der Waals surface area contributed by atoms with E-state index in [4.69, 9.17) is 11.6 Å². The number of halogens is 4. The fraction of sp³-hybridized carbons (Fsp3) is 0.278. The third-order valence-corrected chi connectivity index (χ3v) is 4.58. The third-order valence-electron chi connectivity index (χ3n) is 4.32. The molecule has 2 atom stereocenters. The highest BCUT2D eigenvalue weighted by Gasteiger charge is 2.35. The van der Waals surface area contributed by atoms with Crippen LogP contribution in [0.5, 0.6) is 0 Å². The van der Waals surface area contributed by atoms with Crippen LogP contribution < -0.4 is 16.2 Å². The number of nitrogens with one attached hydrogen (secondary N) is 3.